The second kappa shape index (κ2) is 6.70. The van der Waals surface area contributed by atoms with Crippen molar-refractivity contribution in [2.45, 2.75) is 42.8 Å². The van der Waals surface area contributed by atoms with Crippen LogP contribution in [0.5, 0.6) is 0 Å². The molecule has 2 fully saturated rings. The molecule has 2 aliphatic heterocycles. The van der Waals surface area contributed by atoms with E-state index in [-0.39, 0.29) is 25.9 Å². The van der Waals surface area contributed by atoms with Crippen molar-refractivity contribution in [3.8, 4) is 0 Å². The molecule has 0 saturated carbocycles. The minimum atomic E-state index is -3.56. The zero-order valence-electron chi connectivity index (χ0n) is 14.2. The first kappa shape index (κ1) is 17.0. The SMILES string of the molecule is O=S(=O)(c1ccc2ccn(C3CCNCC3)c2c1)N1CCC(F)CC1. The summed E-state index contributed by atoms with van der Waals surface area (Å²) in [5.74, 6) is 0. The molecular weight excluding hydrogens is 341 g/mol. The molecule has 0 bridgehead atoms. The van der Waals surface area contributed by atoms with Crippen LogP contribution in [0.25, 0.3) is 10.9 Å². The lowest BCUT2D eigenvalue weighted by Gasteiger charge is -2.28. The molecule has 0 unspecified atom stereocenters. The number of piperidine rings is 2. The van der Waals surface area contributed by atoms with E-state index in [2.05, 4.69) is 16.1 Å². The fourth-order valence-electron chi connectivity index (χ4n) is 3.91. The molecule has 0 amide bonds. The van der Waals surface area contributed by atoms with Crippen molar-refractivity contribution in [1.82, 2.24) is 14.2 Å². The summed E-state index contributed by atoms with van der Waals surface area (Å²) in [5, 5.41) is 4.42. The zero-order chi connectivity index (χ0) is 17.4. The van der Waals surface area contributed by atoms with Crippen molar-refractivity contribution in [2.24, 2.45) is 0 Å². The fraction of sp³-hybridized carbons (Fsp3) is 0.556. The number of sulfonamides is 1. The van der Waals surface area contributed by atoms with Gasteiger partial charge in [0.2, 0.25) is 10.0 Å². The summed E-state index contributed by atoms with van der Waals surface area (Å²) in [6.45, 7) is 2.49. The molecule has 0 aliphatic carbocycles. The third-order valence-electron chi connectivity index (χ3n) is 5.42. The van der Waals surface area contributed by atoms with Gasteiger partial charge >= 0.3 is 0 Å². The fourth-order valence-corrected chi connectivity index (χ4v) is 5.40. The number of hydrogen-bond acceptors (Lipinski definition) is 3. The van der Waals surface area contributed by atoms with Gasteiger partial charge in [0.05, 0.1) is 4.90 Å². The molecule has 136 valence electrons. The summed E-state index contributed by atoms with van der Waals surface area (Å²) >= 11 is 0. The van der Waals surface area contributed by atoms with E-state index in [1.54, 1.807) is 12.1 Å². The van der Waals surface area contributed by atoms with Crippen LogP contribution in [0.2, 0.25) is 0 Å². The van der Waals surface area contributed by atoms with Gasteiger partial charge in [0, 0.05) is 30.8 Å². The van der Waals surface area contributed by atoms with Gasteiger partial charge < -0.3 is 9.88 Å². The maximum atomic E-state index is 13.3. The Hall–Kier alpha value is -1.44. The summed E-state index contributed by atoms with van der Waals surface area (Å²) in [4.78, 5) is 0.311. The number of rotatable bonds is 3. The third-order valence-corrected chi connectivity index (χ3v) is 7.31. The zero-order valence-corrected chi connectivity index (χ0v) is 15.0. The quantitative estimate of drug-likeness (QED) is 0.910. The van der Waals surface area contributed by atoms with Crippen molar-refractivity contribution in [3.05, 3.63) is 30.5 Å². The maximum absolute atomic E-state index is 13.3. The molecule has 3 heterocycles. The molecule has 25 heavy (non-hydrogen) atoms. The summed E-state index contributed by atoms with van der Waals surface area (Å²) < 4.78 is 42.8. The molecule has 1 aromatic heterocycles. The lowest BCUT2D eigenvalue weighted by Crippen LogP contribution is -2.39. The maximum Gasteiger partial charge on any atom is 0.243 e. The monoisotopic (exact) mass is 365 g/mol. The Morgan fingerprint density at radius 1 is 1.04 bits per heavy atom. The smallest absolute Gasteiger partial charge is 0.243 e. The highest BCUT2D eigenvalue weighted by atomic mass is 32.2. The van der Waals surface area contributed by atoms with Crippen LogP contribution in [0, 0.1) is 0 Å². The number of halogens is 1. The minimum absolute atomic E-state index is 0.261. The van der Waals surface area contributed by atoms with E-state index >= 15 is 0 Å². The van der Waals surface area contributed by atoms with Gasteiger partial charge in [-0.2, -0.15) is 4.31 Å². The Labute approximate surface area is 147 Å². The molecule has 0 radical (unpaired) electrons. The van der Waals surface area contributed by atoms with E-state index in [0.29, 0.717) is 10.9 Å². The van der Waals surface area contributed by atoms with E-state index < -0.39 is 16.2 Å². The van der Waals surface area contributed by atoms with Crippen molar-refractivity contribution in [3.63, 3.8) is 0 Å². The number of nitrogens with zero attached hydrogens (tertiary/aromatic N) is 2. The van der Waals surface area contributed by atoms with E-state index in [1.165, 1.54) is 4.31 Å². The molecule has 1 N–H and O–H groups in total. The van der Waals surface area contributed by atoms with Gasteiger partial charge in [0.1, 0.15) is 6.17 Å². The number of benzene rings is 1. The van der Waals surface area contributed by atoms with Crippen molar-refractivity contribution >= 4 is 20.9 Å². The van der Waals surface area contributed by atoms with Gasteiger partial charge in [-0.1, -0.05) is 6.07 Å². The van der Waals surface area contributed by atoms with Crippen LogP contribution in [-0.4, -0.2) is 49.6 Å². The third kappa shape index (κ3) is 3.20. The van der Waals surface area contributed by atoms with Crippen LogP contribution < -0.4 is 5.32 Å². The second-order valence-electron chi connectivity index (χ2n) is 7.00. The predicted molar refractivity (Wildman–Crippen MR) is 96.0 cm³/mol. The van der Waals surface area contributed by atoms with Gasteiger partial charge in [-0.25, -0.2) is 12.8 Å². The standard InChI is InChI=1S/C18H24FN3O2S/c19-15-6-10-21(11-7-15)25(23,24)17-2-1-14-5-12-22(18(14)13-17)16-3-8-20-9-4-16/h1-2,5,12-13,15-16,20H,3-4,6-11H2. The lowest BCUT2D eigenvalue weighted by molar-refractivity contribution is 0.210. The summed E-state index contributed by atoms with van der Waals surface area (Å²) in [7, 11) is -3.56. The summed E-state index contributed by atoms with van der Waals surface area (Å²) in [6.07, 6.45) is 3.84. The second-order valence-corrected chi connectivity index (χ2v) is 8.94. The van der Waals surface area contributed by atoms with Crippen LogP contribution in [-0.2, 0) is 10.0 Å². The highest BCUT2D eigenvalue weighted by Gasteiger charge is 2.29. The van der Waals surface area contributed by atoms with Gasteiger partial charge in [0.15, 0.2) is 0 Å². The van der Waals surface area contributed by atoms with E-state index in [0.717, 1.165) is 36.8 Å². The van der Waals surface area contributed by atoms with Crippen molar-refractivity contribution < 1.29 is 12.8 Å². The first-order chi connectivity index (χ1) is 12.1. The average molecular weight is 365 g/mol. The van der Waals surface area contributed by atoms with Crippen LogP contribution >= 0.6 is 0 Å². The number of alkyl halides is 1. The molecule has 2 aliphatic rings. The van der Waals surface area contributed by atoms with E-state index in [1.807, 2.05) is 12.1 Å². The molecule has 1 aromatic carbocycles. The van der Waals surface area contributed by atoms with Crippen molar-refractivity contribution in [1.29, 1.82) is 0 Å². The lowest BCUT2D eigenvalue weighted by atomic mass is 10.1. The van der Waals surface area contributed by atoms with E-state index in [9.17, 15) is 12.8 Å². The van der Waals surface area contributed by atoms with Crippen LogP contribution in [0.3, 0.4) is 0 Å². The van der Waals surface area contributed by atoms with Crippen LogP contribution in [0.15, 0.2) is 35.4 Å². The van der Waals surface area contributed by atoms with Gasteiger partial charge in [-0.15, -0.1) is 0 Å². The van der Waals surface area contributed by atoms with Gasteiger partial charge in [-0.05, 0) is 62.4 Å². The summed E-state index contributed by atoms with van der Waals surface area (Å²) in [6, 6.07) is 7.78. The molecule has 2 aromatic rings. The molecule has 5 nitrogen and oxygen atoms in total. The van der Waals surface area contributed by atoms with Crippen LogP contribution in [0.1, 0.15) is 31.7 Å². The highest BCUT2D eigenvalue weighted by molar-refractivity contribution is 7.89. The average Bonchev–Trinajstić information content (AvgIpc) is 3.06. The molecular formula is C18H24FN3O2S. The molecule has 2 saturated heterocycles. The first-order valence-corrected chi connectivity index (χ1v) is 10.5. The Kier molecular flexibility index (Phi) is 4.56. The Balaban J connectivity index is 1.68. The first-order valence-electron chi connectivity index (χ1n) is 9.01. The topological polar surface area (TPSA) is 54.3 Å². The Morgan fingerprint density at radius 2 is 1.76 bits per heavy atom. The molecule has 7 heteroatoms. The summed E-state index contributed by atoms with van der Waals surface area (Å²) in [5.41, 5.74) is 0.966. The Morgan fingerprint density at radius 3 is 2.48 bits per heavy atom. The van der Waals surface area contributed by atoms with Gasteiger partial charge in [-0.3, -0.25) is 0 Å². The highest BCUT2D eigenvalue weighted by Crippen LogP contribution is 2.29. The number of hydrogen-bond donors (Lipinski definition) is 1. The van der Waals surface area contributed by atoms with E-state index in [4.69, 9.17) is 0 Å². The largest absolute Gasteiger partial charge is 0.344 e. The number of aromatic nitrogens is 1. The minimum Gasteiger partial charge on any atom is -0.344 e. The Bertz CT molecular complexity index is 850. The number of nitrogens with one attached hydrogen (secondary N) is 1. The normalized spacial score (nSPS) is 21.8. The van der Waals surface area contributed by atoms with Crippen molar-refractivity contribution in [2.75, 3.05) is 26.2 Å². The molecule has 4 rings (SSSR count). The van der Waals surface area contributed by atoms with Gasteiger partial charge in [0.25, 0.3) is 0 Å². The van der Waals surface area contributed by atoms with Crippen LogP contribution in [0.4, 0.5) is 4.39 Å². The molecule has 0 atom stereocenters. The molecule has 0 spiro atoms. The number of fused-ring (bicyclic) bond motifs is 1. The predicted octanol–water partition coefficient (Wildman–Crippen LogP) is 2.69.